The standard InChI is InChI=1S/C14H18ClN3O2/c1-10(15)13(19)18(11-7-5-4-6-8-11)9-12-16-17-14(2,3)20-12/h4-8,10,12H,9H2,1-3H3. The van der Waals surface area contributed by atoms with Crippen LogP contribution in [0.3, 0.4) is 0 Å². The topological polar surface area (TPSA) is 54.3 Å². The van der Waals surface area contributed by atoms with Gasteiger partial charge >= 0.3 is 0 Å². The van der Waals surface area contributed by atoms with Gasteiger partial charge in [-0.15, -0.1) is 11.6 Å². The fourth-order valence-corrected chi connectivity index (χ4v) is 2.08. The fraction of sp³-hybridized carbons (Fsp3) is 0.500. The molecule has 0 aromatic heterocycles. The van der Waals surface area contributed by atoms with Gasteiger partial charge in [-0.05, 0) is 32.9 Å². The number of hydrogen-bond acceptors (Lipinski definition) is 4. The van der Waals surface area contributed by atoms with Crippen molar-refractivity contribution in [1.82, 2.24) is 0 Å². The average molecular weight is 296 g/mol. The third-order valence-corrected chi connectivity index (χ3v) is 3.05. The van der Waals surface area contributed by atoms with E-state index in [0.29, 0.717) is 6.54 Å². The van der Waals surface area contributed by atoms with Gasteiger partial charge in [0, 0.05) is 5.69 Å². The maximum atomic E-state index is 12.3. The Hall–Kier alpha value is -1.46. The summed E-state index contributed by atoms with van der Waals surface area (Å²) in [5, 5.41) is 7.48. The maximum absolute atomic E-state index is 12.3. The van der Waals surface area contributed by atoms with Crippen molar-refractivity contribution in [1.29, 1.82) is 0 Å². The van der Waals surface area contributed by atoms with Gasteiger partial charge in [0.25, 0.3) is 0 Å². The highest BCUT2D eigenvalue weighted by atomic mass is 35.5. The summed E-state index contributed by atoms with van der Waals surface area (Å²) in [7, 11) is 0. The number of para-hydroxylation sites is 1. The second-order valence-corrected chi connectivity index (χ2v) is 5.79. The van der Waals surface area contributed by atoms with E-state index in [9.17, 15) is 4.79 Å². The first-order chi connectivity index (χ1) is 9.39. The van der Waals surface area contributed by atoms with E-state index in [1.165, 1.54) is 0 Å². The summed E-state index contributed by atoms with van der Waals surface area (Å²) < 4.78 is 5.66. The monoisotopic (exact) mass is 295 g/mol. The minimum absolute atomic E-state index is 0.179. The number of alkyl halides is 1. The van der Waals surface area contributed by atoms with Gasteiger partial charge in [-0.3, -0.25) is 4.79 Å². The van der Waals surface area contributed by atoms with Crippen LogP contribution in [0.2, 0.25) is 0 Å². The number of hydrogen-bond donors (Lipinski definition) is 0. The van der Waals surface area contributed by atoms with Crippen molar-refractivity contribution in [3.05, 3.63) is 30.3 Å². The molecule has 6 heteroatoms. The molecule has 1 amide bonds. The number of carbonyl (C=O) groups excluding carboxylic acids is 1. The molecule has 2 atom stereocenters. The van der Waals surface area contributed by atoms with E-state index in [2.05, 4.69) is 10.2 Å². The molecular formula is C14H18ClN3O2. The molecule has 1 aliphatic heterocycles. The largest absolute Gasteiger partial charge is 0.324 e. The number of nitrogens with zero attached hydrogens (tertiary/aromatic N) is 3. The lowest BCUT2D eigenvalue weighted by Crippen LogP contribution is -2.41. The number of anilines is 1. The van der Waals surface area contributed by atoms with Crippen molar-refractivity contribution >= 4 is 23.2 Å². The Morgan fingerprint density at radius 3 is 2.60 bits per heavy atom. The Labute approximate surface area is 123 Å². The Kier molecular flexibility index (Phi) is 4.40. The summed E-state index contributed by atoms with van der Waals surface area (Å²) in [6, 6.07) is 9.35. The summed E-state index contributed by atoms with van der Waals surface area (Å²) >= 11 is 5.93. The lowest BCUT2D eigenvalue weighted by Gasteiger charge is -2.26. The second kappa shape index (κ2) is 5.89. The minimum atomic E-state index is -0.636. The molecule has 0 bridgehead atoms. The number of benzene rings is 1. The van der Waals surface area contributed by atoms with Crippen LogP contribution in [0.4, 0.5) is 5.69 Å². The van der Waals surface area contributed by atoms with Crippen LogP contribution in [0.5, 0.6) is 0 Å². The zero-order valence-electron chi connectivity index (χ0n) is 11.8. The first-order valence-electron chi connectivity index (χ1n) is 6.49. The molecule has 1 aliphatic rings. The van der Waals surface area contributed by atoms with Crippen molar-refractivity contribution in [2.24, 2.45) is 10.2 Å². The average Bonchev–Trinajstić information content (AvgIpc) is 2.75. The highest BCUT2D eigenvalue weighted by Gasteiger charge is 2.32. The lowest BCUT2D eigenvalue weighted by molar-refractivity contribution is -0.118. The maximum Gasteiger partial charge on any atom is 0.244 e. The zero-order chi connectivity index (χ0) is 14.8. The van der Waals surface area contributed by atoms with E-state index in [4.69, 9.17) is 16.3 Å². The molecule has 1 aromatic carbocycles. The molecule has 0 saturated carbocycles. The van der Waals surface area contributed by atoms with Crippen LogP contribution in [0.1, 0.15) is 20.8 Å². The Bertz CT molecular complexity index is 502. The van der Waals surface area contributed by atoms with Gasteiger partial charge < -0.3 is 9.64 Å². The van der Waals surface area contributed by atoms with E-state index in [-0.39, 0.29) is 5.91 Å². The predicted octanol–water partition coefficient (Wildman–Crippen LogP) is 3.19. The molecule has 108 valence electrons. The van der Waals surface area contributed by atoms with Gasteiger partial charge in [-0.2, -0.15) is 10.2 Å². The number of carbonyl (C=O) groups is 1. The summed E-state index contributed by atoms with van der Waals surface area (Å²) in [6.45, 7) is 5.61. The molecule has 0 N–H and O–H groups in total. The van der Waals surface area contributed by atoms with E-state index < -0.39 is 17.3 Å². The Morgan fingerprint density at radius 1 is 1.45 bits per heavy atom. The molecule has 2 unspecified atom stereocenters. The third-order valence-electron chi connectivity index (χ3n) is 2.86. The Balaban J connectivity index is 2.16. The summed E-state index contributed by atoms with van der Waals surface area (Å²) in [5.74, 6) is -0.179. The van der Waals surface area contributed by atoms with Crippen molar-refractivity contribution in [3.63, 3.8) is 0 Å². The molecule has 5 nitrogen and oxygen atoms in total. The number of azo groups is 1. The molecule has 0 saturated heterocycles. The predicted molar refractivity (Wildman–Crippen MR) is 77.9 cm³/mol. The van der Waals surface area contributed by atoms with Gasteiger partial charge in [-0.1, -0.05) is 18.2 Å². The summed E-state index contributed by atoms with van der Waals surface area (Å²) in [4.78, 5) is 13.8. The van der Waals surface area contributed by atoms with Gasteiger partial charge in [-0.25, -0.2) is 0 Å². The van der Waals surface area contributed by atoms with Crippen LogP contribution < -0.4 is 4.90 Å². The fourth-order valence-electron chi connectivity index (χ4n) is 1.96. The SMILES string of the molecule is CC(Cl)C(=O)N(CC1N=NC(C)(C)O1)c1ccccc1. The number of rotatable bonds is 4. The first-order valence-corrected chi connectivity index (χ1v) is 6.93. The highest BCUT2D eigenvalue weighted by Crippen LogP contribution is 2.25. The molecule has 0 fully saturated rings. The quantitative estimate of drug-likeness (QED) is 0.801. The molecular weight excluding hydrogens is 278 g/mol. The molecule has 0 spiro atoms. The van der Waals surface area contributed by atoms with Crippen molar-refractivity contribution < 1.29 is 9.53 Å². The van der Waals surface area contributed by atoms with E-state index in [0.717, 1.165) is 5.69 Å². The van der Waals surface area contributed by atoms with Gasteiger partial charge in [0.15, 0.2) is 12.0 Å². The van der Waals surface area contributed by atoms with Crippen molar-refractivity contribution in [2.45, 2.75) is 38.1 Å². The molecule has 20 heavy (non-hydrogen) atoms. The van der Waals surface area contributed by atoms with E-state index in [1.54, 1.807) is 11.8 Å². The third kappa shape index (κ3) is 3.55. The second-order valence-electron chi connectivity index (χ2n) is 5.14. The normalized spacial score (nSPS) is 21.7. The van der Waals surface area contributed by atoms with Crippen LogP contribution in [0.25, 0.3) is 0 Å². The number of ether oxygens (including phenoxy) is 1. The molecule has 1 heterocycles. The number of amides is 1. The van der Waals surface area contributed by atoms with Crippen molar-refractivity contribution in [2.75, 3.05) is 11.4 Å². The Morgan fingerprint density at radius 2 is 2.10 bits per heavy atom. The lowest BCUT2D eigenvalue weighted by atomic mass is 10.2. The summed E-state index contributed by atoms with van der Waals surface area (Å²) in [5.41, 5.74) is 0.136. The van der Waals surface area contributed by atoms with Crippen molar-refractivity contribution in [3.8, 4) is 0 Å². The van der Waals surface area contributed by atoms with Crippen LogP contribution in [-0.4, -0.2) is 29.8 Å². The van der Waals surface area contributed by atoms with Gasteiger partial charge in [0.1, 0.15) is 5.38 Å². The van der Waals surface area contributed by atoms with Gasteiger partial charge in [0.05, 0.1) is 6.54 Å². The van der Waals surface area contributed by atoms with E-state index in [1.807, 2.05) is 44.2 Å². The highest BCUT2D eigenvalue weighted by molar-refractivity contribution is 6.32. The molecule has 0 aliphatic carbocycles. The number of halogens is 1. The van der Waals surface area contributed by atoms with Gasteiger partial charge in [0.2, 0.25) is 5.91 Å². The smallest absolute Gasteiger partial charge is 0.244 e. The molecule has 1 aromatic rings. The van der Waals surface area contributed by atoms with E-state index >= 15 is 0 Å². The van der Waals surface area contributed by atoms with Crippen LogP contribution in [0.15, 0.2) is 40.6 Å². The van der Waals surface area contributed by atoms with Crippen LogP contribution >= 0.6 is 11.6 Å². The molecule has 0 radical (unpaired) electrons. The minimum Gasteiger partial charge on any atom is -0.324 e. The zero-order valence-corrected chi connectivity index (χ0v) is 12.5. The van der Waals surface area contributed by atoms with Crippen LogP contribution in [-0.2, 0) is 9.53 Å². The van der Waals surface area contributed by atoms with Crippen LogP contribution in [0, 0.1) is 0 Å². The molecule has 2 rings (SSSR count). The first kappa shape index (κ1) is 14.9. The summed E-state index contributed by atoms with van der Waals surface area (Å²) in [6.07, 6.45) is -0.468.